The Morgan fingerprint density at radius 1 is 1.00 bits per heavy atom. The van der Waals surface area contributed by atoms with Crippen molar-refractivity contribution < 1.29 is 4.79 Å². The maximum absolute atomic E-state index is 12.4. The number of anilines is 1. The minimum absolute atomic E-state index is 0.259. The van der Waals surface area contributed by atoms with Crippen LogP contribution in [0.5, 0.6) is 0 Å². The number of nitrogens with one attached hydrogen (secondary N) is 1. The van der Waals surface area contributed by atoms with E-state index in [1.165, 1.54) is 0 Å². The second-order valence-corrected chi connectivity index (χ2v) is 6.39. The van der Waals surface area contributed by atoms with Gasteiger partial charge in [-0.25, -0.2) is 0 Å². The molecule has 2 nitrogen and oxygen atoms in total. The van der Waals surface area contributed by atoms with Crippen LogP contribution in [0, 0.1) is 0 Å². The maximum Gasteiger partial charge on any atom is 0.257 e. The van der Waals surface area contributed by atoms with Crippen LogP contribution >= 0.6 is 34.5 Å². The van der Waals surface area contributed by atoms with Crippen molar-refractivity contribution in [3.63, 3.8) is 0 Å². The third-order valence-corrected chi connectivity index (χ3v) is 4.59. The highest BCUT2D eigenvalue weighted by Crippen LogP contribution is 2.32. The van der Waals surface area contributed by atoms with Gasteiger partial charge in [0.05, 0.1) is 10.6 Å². The third kappa shape index (κ3) is 3.17. The minimum atomic E-state index is -0.259. The van der Waals surface area contributed by atoms with Gasteiger partial charge in [0.2, 0.25) is 0 Å². The van der Waals surface area contributed by atoms with Crippen molar-refractivity contribution in [2.75, 3.05) is 5.32 Å². The fourth-order valence-corrected chi connectivity index (χ4v) is 3.36. The number of benzene rings is 2. The molecule has 110 valence electrons. The molecule has 0 saturated carbocycles. The summed E-state index contributed by atoms with van der Waals surface area (Å²) in [6.45, 7) is 0. The first-order valence-electron chi connectivity index (χ1n) is 6.54. The topological polar surface area (TPSA) is 29.1 Å². The highest BCUT2D eigenvalue weighted by Gasteiger charge is 2.13. The van der Waals surface area contributed by atoms with E-state index in [-0.39, 0.29) is 5.91 Å². The van der Waals surface area contributed by atoms with Gasteiger partial charge in [-0.1, -0.05) is 47.5 Å². The molecule has 0 spiro atoms. The summed E-state index contributed by atoms with van der Waals surface area (Å²) in [6, 6.07) is 16.5. The van der Waals surface area contributed by atoms with Gasteiger partial charge in [-0.15, -0.1) is 11.3 Å². The number of halogens is 2. The average Bonchev–Trinajstić information content (AvgIpc) is 3.01. The van der Waals surface area contributed by atoms with Crippen LogP contribution in [0.3, 0.4) is 0 Å². The van der Waals surface area contributed by atoms with Crippen molar-refractivity contribution in [3.8, 4) is 10.4 Å². The lowest BCUT2D eigenvalue weighted by atomic mass is 10.1. The molecule has 0 radical (unpaired) electrons. The number of carbonyl (C=O) groups is 1. The minimum Gasteiger partial charge on any atom is -0.321 e. The van der Waals surface area contributed by atoms with E-state index in [1.807, 2.05) is 41.8 Å². The summed E-state index contributed by atoms with van der Waals surface area (Å²) in [4.78, 5) is 13.5. The van der Waals surface area contributed by atoms with E-state index in [0.717, 1.165) is 16.1 Å². The summed E-state index contributed by atoms with van der Waals surface area (Å²) >= 11 is 13.6. The zero-order chi connectivity index (χ0) is 15.5. The Kier molecular flexibility index (Phi) is 4.48. The number of hydrogen-bond donors (Lipinski definition) is 1. The molecular weight excluding hydrogens is 337 g/mol. The number of thiophene rings is 1. The van der Waals surface area contributed by atoms with Crippen LogP contribution in [-0.4, -0.2) is 5.91 Å². The predicted octanol–water partition coefficient (Wildman–Crippen LogP) is 5.97. The number of rotatable bonds is 3. The van der Waals surface area contributed by atoms with E-state index in [2.05, 4.69) is 5.32 Å². The second kappa shape index (κ2) is 6.53. The zero-order valence-corrected chi connectivity index (χ0v) is 13.7. The van der Waals surface area contributed by atoms with Crippen molar-refractivity contribution in [1.82, 2.24) is 0 Å². The highest BCUT2D eigenvalue weighted by atomic mass is 35.5. The van der Waals surface area contributed by atoms with E-state index < -0.39 is 0 Å². The fourth-order valence-electron chi connectivity index (χ4n) is 2.10. The molecule has 0 aliphatic heterocycles. The monoisotopic (exact) mass is 347 g/mol. The molecule has 1 heterocycles. The first kappa shape index (κ1) is 15.1. The van der Waals surface area contributed by atoms with Crippen LogP contribution in [0.1, 0.15) is 10.4 Å². The Bertz CT molecular complexity index is 815. The molecule has 0 fully saturated rings. The average molecular weight is 348 g/mol. The molecule has 1 N–H and O–H groups in total. The molecule has 2 aromatic carbocycles. The molecule has 0 saturated heterocycles. The van der Waals surface area contributed by atoms with Crippen molar-refractivity contribution in [2.45, 2.75) is 0 Å². The summed E-state index contributed by atoms with van der Waals surface area (Å²) in [5.74, 6) is -0.259. The van der Waals surface area contributed by atoms with Gasteiger partial charge in [0.15, 0.2) is 0 Å². The molecule has 0 unspecified atom stereocenters. The summed E-state index contributed by atoms with van der Waals surface area (Å²) in [5.41, 5.74) is 2.13. The molecular formula is C17H11Cl2NOS. The molecule has 3 aromatic rings. The third-order valence-electron chi connectivity index (χ3n) is 3.14. The van der Waals surface area contributed by atoms with Crippen LogP contribution in [0.4, 0.5) is 5.69 Å². The van der Waals surface area contributed by atoms with Crippen LogP contribution < -0.4 is 5.32 Å². The fraction of sp³-hybridized carbons (Fsp3) is 0. The second-order valence-electron chi connectivity index (χ2n) is 4.60. The Hall–Kier alpha value is -1.81. The number of carbonyl (C=O) groups excluding carboxylic acids is 1. The van der Waals surface area contributed by atoms with E-state index in [0.29, 0.717) is 15.6 Å². The first-order valence-corrected chi connectivity index (χ1v) is 8.18. The normalized spacial score (nSPS) is 10.5. The van der Waals surface area contributed by atoms with Gasteiger partial charge >= 0.3 is 0 Å². The van der Waals surface area contributed by atoms with Crippen molar-refractivity contribution in [2.24, 2.45) is 0 Å². The first-order chi connectivity index (χ1) is 10.6. The van der Waals surface area contributed by atoms with E-state index in [4.69, 9.17) is 23.2 Å². The molecule has 0 aliphatic carbocycles. The maximum atomic E-state index is 12.4. The molecule has 0 bridgehead atoms. The molecule has 0 aliphatic rings. The Morgan fingerprint density at radius 2 is 1.82 bits per heavy atom. The van der Waals surface area contributed by atoms with Crippen molar-refractivity contribution >= 4 is 46.1 Å². The molecule has 22 heavy (non-hydrogen) atoms. The largest absolute Gasteiger partial charge is 0.321 e. The SMILES string of the molecule is O=C(Nc1ccccc1-c1cccs1)c1ccc(Cl)cc1Cl. The van der Waals surface area contributed by atoms with E-state index >= 15 is 0 Å². The van der Waals surface area contributed by atoms with Crippen LogP contribution in [0.25, 0.3) is 10.4 Å². The van der Waals surface area contributed by atoms with E-state index in [9.17, 15) is 4.79 Å². The Morgan fingerprint density at radius 3 is 2.55 bits per heavy atom. The van der Waals surface area contributed by atoms with Gasteiger partial charge in [0, 0.05) is 21.2 Å². The number of para-hydroxylation sites is 1. The van der Waals surface area contributed by atoms with E-state index in [1.54, 1.807) is 29.5 Å². The van der Waals surface area contributed by atoms with Crippen LogP contribution in [0.15, 0.2) is 60.0 Å². The van der Waals surface area contributed by atoms with Gasteiger partial charge in [-0.3, -0.25) is 4.79 Å². The summed E-state index contributed by atoms with van der Waals surface area (Å²) in [6.07, 6.45) is 0. The van der Waals surface area contributed by atoms with Crippen LogP contribution in [0.2, 0.25) is 10.0 Å². The summed E-state index contributed by atoms with van der Waals surface area (Å²) < 4.78 is 0. The quantitative estimate of drug-likeness (QED) is 0.620. The van der Waals surface area contributed by atoms with Gasteiger partial charge in [-0.2, -0.15) is 0 Å². The number of hydrogen-bond acceptors (Lipinski definition) is 2. The lowest BCUT2D eigenvalue weighted by Gasteiger charge is -2.11. The lowest BCUT2D eigenvalue weighted by molar-refractivity contribution is 0.102. The Balaban J connectivity index is 1.92. The summed E-state index contributed by atoms with van der Waals surface area (Å²) in [7, 11) is 0. The van der Waals surface area contributed by atoms with Gasteiger partial charge < -0.3 is 5.32 Å². The smallest absolute Gasteiger partial charge is 0.257 e. The lowest BCUT2D eigenvalue weighted by Crippen LogP contribution is -2.13. The highest BCUT2D eigenvalue weighted by molar-refractivity contribution is 7.13. The zero-order valence-electron chi connectivity index (χ0n) is 11.3. The van der Waals surface area contributed by atoms with Crippen molar-refractivity contribution in [3.05, 3.63) is 75.6 Å². The molecule has 1 amide bonds. The molecule has 1 aromatic heterocycles. The van der Waals surface area contributed by atoms with Gasteiger partial charge in [0.1, 0.15) is 0 Å². The van der Waals surface area contributed by atoms with Crippen LogP contribution in [-0.2, 0) is 0 Å². The molecule has 3 rings (SSSR count). The molecule has 5 heteroatoms. The molecule has 0 atom stereocenters. The van der Waals surface area contributed by atoms with Gasteiger partial charge in [-0.05, 0) is 35.7 Å². The van der Waals surface area contributed by atoms with Gasteiger partial charge in [0.25, 0.3) is 5.91 Å². The predicted molar refractivity (Wildman–Crippen MR) is 94.2 cm³/mol. The Labute approximate surface area is 142 Å². The standard InChI is InChI=1S/C17H11Cl2NOS/c18-11-7-8-12(14(19)10-11)17(21)20-15-5-2-1-4-13(15)16-6-3-9-22-16/h1-10H,(H,20,21). The number of amides is 1. The summed E-state index contributed by atoms with van der Waals surface area (Å²) in [5, 5.41) is 5.75. The van der Waals surface area contributed by atoms with Crippen molar-refractivity contribution in [1.29, 1.82) is 0 Å².